The van der Waals surface area contributed by atoms with E-state index in [4.69, 9.17) is 4.74 Å². The molecule has 2 aliphatic carbocycles. The number of nitrogens with one attached hydrogen (secondary N) is 1. The largest absolute Gasteiger partial charge is 0.376 e. The summed E-state index contributed by atoms with van der Waals surface area (Å²) in [6.07, 6.45) is 4.52. The minimum Gasteiger partial charge on any atom is -0.376 e. The third-order valence-corrected chi connectivity index (χ3v) is 5.81. The maximum atomic E-state index is 6.23. The molecule has 0 saturated heterocycles. The van der Waals surface area contributed by atoms with Crippen molar-refractivity contribution < 1.29 is 4.74 Å². The van der Waals surface area contributed by atoms with E-state index in [1.54, 1.807) is 0 Å². The maximum Gasteiger partial charge on any atom is 0.0637 e. The predicted molar refractivity (Wildman–Crippen MR) is 72.1 cm³/mol. The van der Waals surface area contributed by atoms with Crippen molar-refractivity contribution in [3.05, 3.63) is 0 Å². The summed E-state index contributed by atoms with van der Waals surface area (Å²) in [5.41, 5.74) is 0.878. The van der Waals surface area contributed by atoms with Gasteiger partial charge < -0.3 is 10.1 Å². The highest BCUT2D eigenvalue weighted by Crippen LogP contribution is 2.66. The highest BCUT2D eigenvalue weighted by atomic mass is 16.5. The first-order valence-electron chi connectivity index (χ1n) is 7.26. The molecule has 100 valence electrons. The molecule has 2 bridgehead atoms. The van der Waals surface area contributed by atoms with Crippen LogP contribution in [0.15, 0.2) is 0 Å². The Balaban J connectivity index is 1.92. The van der Waals surface area contributed by atoms with E-state index in [-0.39, 0.29) is 0 Å². The van der Waals surface area contributed by atoms with Crippen molar-refractivity contribution in [2.45, 2.75) is 66.0 Å². The molecule has 2 fully saturated rings. The summed E-state index contributed by atoms with van der Waals surface area (Å²) >= 11 is 0. The summed E-state index contributed by atoms with van der Waals surface area (Å²) < 4.78 is 6.23. The summed E-state index contributed by atoms with van der Waals surface area (Å²) in [6.45, 7) is 13.6. The second-order valence-corrected chi connectivity index (χ2v) is 6.89. The molecular formula is C15H29NO. The van der Waals surface area contributed by atoms with Gasteiger partial charge in [0.15, 0.2) is 0 Å². The van der Waals surface area contributed by atoms with Crippen molar-refractivity contribution in [3.8, 4) is 0 Å². The summed E-state index contributed by atoms with van der Waals surface area (Å²) in [5.74, 6) is 0.881. The summed E-state index contributed by atoms with van der Waals surface area (Å²) in [4.78, 5) is 0. The molecule has 0 spiro atoms. The van der Waals surface area contributed by atoms with Crippen LogP contribution in [0, 0.1) is 16.7 Å². The van der Waals surface area contributed by atoms with Crippen molar-refractivity contribution >= 4 is 0 Å². The molecule has 0 amide bonds. The minimum absolute atomic E-state index is 0.406. The number of hydrogen-bond acceptors (Lipinski definition) is 2. The van der Waals surface area contributed by atoms with Crippen molar-refractivity contribution in [2.24, 2.45) is 16.7 Å². The van der Waals surface area contributed by atoms with E-state index in [0.717, 1.165) is 19.1 Å². The molecular weight excluding hydrogens is 210 g/mol. The van der Waals surface area contributed by atoms with Gasteiger partial charge in [0.05, 0.1) is 12.7 Å². The van der Waals surface area contributed by atoms with Crippen LogP contribution in [-0.2, 0) is 4.74 Å². The zero-order chi connectivity index (χ0) is 12.7. The fraction of sp³-hybridized carbons (Fsp3) is 1.00. The van der Waals surface area contributed by atoms with Gasteiger partial charge >= 0.3 is 0 Å². The molecule has 0 aromatic rings. The van der Waals surface area contributed by atoms with Crippen LogP contribution < -0.4 is 5.32 Å². The number of rotatable bonds is 5. The number of fused-ring (bicyclic) bond motifs is 2. The van der Waals surface area contributed by atoms with Gasteiger partial charge in [-0.25, -0.2) is 0 Å². The second kappa shape index (κ2) is 4.55. The third kappa shape index (κ3) is 2.04. The first-order valence-corrected chi connectivity index (χ1v) is 7.26. The minimum atomic E-state index is 0.406. The van der Waals surface area contributed by atoms with Crippen LogP contribution in [-0.4, -0.2) is 25.3 Å². The highest BCUT2D eigenvalue weighted by molar-refractivity contribution is 5.11. The van der Waals surface area contributed by atoms with Crippen LogP contribution in [0.25, 0.3) is 0 Å². The first kappa shape index (κ1) is 13.4. The molecule has 2 saturated carbocycles. The Kier molecular flexibility index (Phi) is 3.57. The van der Waals surface area contributed by atoms with Gasteiger partial charge in [0, 0.05) is 6.04 Å². The van der Waals surface area contributed by atoms with E-state index in [0.29, 0.717) is 23.0 Å². The van der Waals surface area contributed by atoms with Gasteiger partial charge in [-0.1, -0.05) is 27.7 Å². The molecule has 4 atom stereocenters. The Hall–Kier alpha value is -0.0800. The van der Waals surface area contributed by atoms with E-state index >= 15 is 0 Å². The molecule has 0 heterocycles. The SMILES string of the molecule is CCNC(C)COC1CC2CCC1(C)C2(C)C. The quantitative estimate of drug-likeness (QED) is 0.795. The van der Waals surface area contributed by atoms with Crippen molar-refractivity contribution in [1.29, 1.82) is 0 Å². The van der Waals surface area contributed by atoms with Crippen LogP contribution in [0.1, 0.15) is 53.9 Å². The molecule has 17 heavy (non-hydrogen) atoms. The highest BCUT2D eigenvalue weighted by Gasteiger charge is 2.61. The van der Waals surface area contributed by atoms with Gasteiger partial charge in [-0.15, -0.1) is 0 Å². The van der Waals surface area contributed by atoms with E-state index in [1.165, 1.54) is 19.3 Å². The lowest BCUT2D eigenvalue weighted by Crippen LogP contribution is -2.40. The fourth-order valence-corrected chi connectivity index (χ4v) is 4.05. The van der Waals surface area contributed by atoms with Gasteiger partial charge in [0.1, 0.15) is 0 Å². The van der Waals surface area contributed by atoms with Gasteiger partial charge in [-0.3, -0.25) is 0 Å². The topological polar surface area (TPSA) is 21.3 Å². The van der Waals surface area contributed by atoms with Gasteiger partial charge in [0.2, 0.25) is 0 Å². The first-order chi connectivity index (χ1) is 7.91. The summed E-state index contributed by atoms with van der Waals surface area (Å²) in [7, 11) is 0. The summed E-state index contributed by atoms with van der Waals surface area (Å²) in [5, 5.41) is 3.42. The maximum absolute atomic E-state index is 6.23. The Bertz CT molecular complexity index is 276. The van der Waals surface area contributed by atoms with E-state index in [1.807, 2.05) is 0 Å². The molecule has 1 N–H and O–H groups in total. The Labute approximate surface area is 107 Å². The zero-order valence-corrected chi connectivity index (χ0v) is 12.2. The molecule has 0 radical (unpaired) electrons. The average Bonchev–Trinajstić information content (AvgIpc) is 2.59. The van der Waals surface area contributed by atoms with Crippen LogP contribution in [0.4, 0.5) is 0 Å². The second-order valence-electron chi connectivity index (χ2n) is 6.89. The molecule has 2 rings (SSSR count). The molecule has 0 aliphatic heterocycles. The smallest absolute Gasteiger partial charge is 0.0637 e. The van der Waals surface area contributed by atoms with Crippen LogP contribution in [0.2, 0.25) is 0 Å². The lowest BCUT2D eigenvalue weighted by molar-refractivity contribution is -0.0519. The molecule has 0 aromatic heterocycles. The Morgan fingerprint density at radius 2 is 2.06 bits per heavy atom. The number of ether oxygens (including phenoxy) is 1. The van der Waals surface area contributed by atoms with Crippen molar-refractivity contribution in [2.75, 3.05) is 13.2 Å². The van der Waals surface area contributed by atoms with Crippen LogP contribution in [0.3, 0.4) is 0 Å². The molecule has 2 nitrogen and oxygen atoms in total. The number of likely N-dealkylation sites (N-methyl/N-ethyl adjacent to an activating group) is 1. The van der Waals surface area contributed by atoms with Crippen LogP contribution in [0.5, 0.6) is 0 Å². The third-order valence-electron chi connectivity index (χ3n) is 5.81. The van der Waals surface area contributed by atoms with Gasteiger partial charge in [-0.2, -0.15) is 0 Å². The molecule has 2 aliphatic rings. The van der Waals surface area contributed by atoms with E-state index < -0.39 is 0 Å². The van der Waals surface area contributed by atoms with E-state index in [2.05, 4.69) is 39.9 Å². The van der Waals surface area contributed by atoms with Crippen molar-refractivity contribution in [3.63, 3.8) is 0 Å². The predicted octanol–water partition coefficient (Wildman–Crippen LogP) is 3.22. The fourth-order valence-electron chi connectivity index (χ4n) is 4.05. The monoisotopic (exact) mass is 239 g/mol. The van der Waals surface area contributed by atoms with Crippen LogP contribution >= 0.6 is 0 Å². The number of hydrogen-bond donors (Lipinski definition) is 1. The lowest BCUT2D eigenvalue weighted by atomic mass is 9.70. The standard InChI is InChI=1S/C15H29NO/c1-6-16-11(2)10-17-13-9-12-7-8-15(13,5)14(12,3)4/h11-13,16H,6-10H2,1-5H3. The van der Waals surface area contributed by atoms with Gasteiger partial charge in [-0.05, 0) is 49.5 Å². The molecule has 0 aromatic carbocycles. The normalized spacial score (nSPS) is 40.8. The Morgan fingerprint density at radius 1 is 1.35 bits per heavy atom. The Morgan fingerprint density at radius 3 is 2.53 bits per heavy atom. The van der Waals surface area contributed by atoms with Gasteiger partial charge in [0.25, 0.3) is 0 Å². The van der Waals surface area contributed by atoms with E-state index in [9.17, 15) is 0 Å². The van der Waals surface area contributed by atoms with Crippen molar-refractivity contribution in [1.82, 2.24) is 5.32 Å². The summed E-state index contributed by atoms with van der Waals surface area (Å²) in [6, 6.07) is 0.478. The molecule has 4 unspecified atom stereocenters. The average molecular weight is 239 g/mol. The zero-order valence-electron chi connectivity index (χ0n) is 12.2. The molecule has 2 heteroatoms. The lowest BCUT2D eigenvalue weighted by Gasteiger charge is -2.39.